The minimum atomic E-state index is -0.601. The lowest BCUT2D eigenvalue weighted by Crippen LogP contribution is -2.41. The van der Waals surface area contributed by atoms with E-state index in [9.17, 15) is 14.0 Å². The van der Waals surface area contributed by atoms with E-state index < -0.39 is 17.7 Å². The maximum Gasteiger partial charge on any atom is 0.410 e. The number of halogens is 1. The second kappa shape index (κ2) is 7.20. The highest BCUT2D eigenvalue weighted by Crippen LogP contribution is 2.13. The first-order valence-corrected chi connectivity index (χ1v) is 6.88. The van der Waals surface area contributed by atoms with Gasteiger partial charge in [0, 0.05) is 7.05 Å². The SMILES string of the molecule is CN(C(=O)OC(C)(C)C)C(C=O)CCc1ccc(F)cc1. The number of aryl methyl sites for hydroxylation is 1. The molecule has 1 amide bonds. The number of aldehydes is 1. The van der Waals surface area contributed by atoms with Gasteiger partial charge in [-0.1, -0.05) is 12.1 Å². The number of rotatable bonds is 5. The van der Waals surface area contributed by atoms with Crippen LogP contribution in [-0.2, 0) is 16.0 Å². The number of hydrogen-bond acceptors (Lipinski definition) is 3. The van der Waals surface area contributed by atoms with Gasteiger partial charge in [-0.25, -0.2) is 9.18 Å². The Morgan fingerprint density at radius 3 is 2.38 bits per heavy atom. The molecule has 1 aromatic rings. The summed E-state index contributed by atoms with van der Waals surface area (Å²) in [5, 5.41) is 0. The molecule has 4 nitrogen and oxygen atoms in total. The number of nitrogens with zero attached hydrogens (tertiary/aromatic N) is 1. The van der Waals surface area contributed by atoms with Crippen molar-refractivity contribution < 1.29 is 18.7 Å². The fourth-order valence-corrected chi connectivity index (χ4v) is 1.79. The van der Waals surface area contributed by atoms with Crippen LogP contribution >= 0.6 is 0 Å². The molecule has 0 N–H and O–H groups in total. The van der Waals surface area contributed by atoms with Crippen molar-refractivity contribution in [1.82, 2.24) is 4.90 Å². The number of ether oxygens (including phenoxy) is 1. The summed E-state index contributed by atoms with van der Waals surface area (Å²) in [6, 6.07) is 5.53. The van der Waals surface area contributed by atoms with Crippen LogP contribution in [0.25, 0.3) is 0 Å². The molecule has 0 spiro atoms. The van der Waals surface area contributed by atoms with E-state index in [0.29, 0.717) is 12.8 Å². The summed E-state index contributed by atoms with van der Waals surface area (Å²) < 4.78 is 18.0. The number of hydrogen-bond donors (Lipinski definition) is 0. The Kier molecular flexibility index (Phi) is 5.88. The zero-order chi connectivity index (χ0) is 16.0. The third-order valence-electron chi connectivity index (χ3n) is 2.98. The highest BCUT2D eigenvalue weighted by molar-refractivity contribution is 5.73. The van der Waals surface area contributed by atoms with E-state index in [-0.39, 0.29) is 5.82 Å². The van der Waals surface area contributed by atoms with Crippen LogP contribution in [0, 0.1) is 5.82 Å². The van der Waals surface area contributed by atoms with Gasteiger partial charge in [0.15, 0.2) is 0 Å². The first-order valence-electron chi connectivity index (χ1n) is 6.88. The fourth-order valence-electron chi connectivity index (χ4n) is 1.79. The maximum atomic E-state index is 12.8. The molecule has 0 aliphatic heterocycles. The zero-order valence-electron chi connectivity index (χ0n) is 12.9. The van der Waals surface area contributed by atoms with Crippen molar-refractivity contribution in [3.63, 3.8) is 0 Å². The average Bonchev–Trinajstić information content (AvgIpc) is 2.39. The van der Waals surface area contributed by atoms with Gasteiger partial charge in [0.25, 0.3) is 0 Å². The molecule has 0 saturated carbocycles. The molecule has 0 radical (unpaired) electrons. The van der Waals surface area contributed by atoms with Crippen molar-refractivity contribution in [2.24, 2.45) is 0 Å². The van der Waals surface area contributed by atoms with E-state index in [1.165, 1.54) is 24.1 Å². The minimum Gasteiger partial charge on any atom is -0.444 e. The van der Waals surface area contributed by atoms with Crippen LogP contribution in [0.5, 0.6) is 0 Å². The molecule has 0 fully saturated rings. The predicted octanol–water partition coefficient (Wildman–Crippen LogP) is 3.19. The van der Waals surface area contributed by atoms with E-state index >= 15 is 0 Å². The van der Waals surface area contributed by atoms with Crippen LogP contribution in [-0.4, -0.2) is 36.0 Å². The highest BCUT2D eigenvalue weighted by atomic mass is 19.1. The Labute approximate surface area is 124 Å². The summed E-state index contributed by atoms with van der Waals surface area (Å²) >= 11 is 0. The molecule has 116 valence electrons. The Hall–Kier alpha value is -1.91. The van der Waals surface area contributed by atoms with Crippen LogP contribution in [0.15, 0.2) is 24.3 Å². The normalized spacial score (nSPS) is 12.6. The molecule has 1 unspecified atom stereocenters. The minimum absolute atomic E-state index is 0.295. The molecule has 21 heavy (non-hydrogen) atoms. The lowest BCUT2D eigenvalue weighted by molar-refractivity contribution is -0.112. The zero-order valence-corrected chi connectivity index (χ0v) is 12.9. The van der Waals surface area contributed by atoms with E-state index in [0.717, 1.165) is 11.8 Å². The second-order valence-electron chi connectivity index (χ2n) is 5.96. The fraction of sp³-hybridized carbons (Fsp3) is 0.500. The van der Waals surface area contributed by atoms with E-state index in [1.807, 2.05) is 0 Å². The average molecular weight is 295 g/mol. The third kappa shape index (κ3) is 5.94. The summed E-state index contributed by atoms with van der Waals surface area (Å²) in [6.45, 7) is 5.31. The molecular weight excluding hydrogens is 273 g/mol. The van der Waals surface area contributed by atoms with Crippen LogP contribution in [0.4, 0.5) is 9.18 Å². The summed E-state index contributed by atoms with van der Waals surface area (Å²) in [4.78, 5) is 24.4. The predicted molar refractivity (Wildman–Crippen MR) is 78.6 cm³/mol. The third-order valence-corrected chi connectivity index (χ3v) is 2.98. The van der Waals surface area contributed by atoms with Gasteiger partial charge in [-0.2, -0.15) is 0 Å². The van der Waals surface area contributed by atoms with E-state index in [4.69, 9.17) is 4.74 Å². The monoisotopic (exact) mass is 295 g/mol. The molecule has 5 heteroatoms. The van der Waals surface area contributed by atoms with Gasteiger partial charge in [0.1, 0.15) is 17.7 Å². The highest BCUT2D eigenvalue weighted by Gasteiger charge is 2.24. The van der Waals surface area contributed by atoms with Gasteiger partial charge >= 0.3 is 6.09 Å². The first kappa shape index (κ1) is 17.1. The Balaban J connectivity index is 2.59. The van der Waals surface area contributed by atoms with Gasteiger partial charge in [-0.15, -0.1) is 0 Å². The molecule has 1 atom stereocenters. The molecule has 1 rings (SSSR count). The standard InChI is InChI=1S/C16H22FNO3/c1-16(2,3)21-15(20)18(4)14(11-19)10-7-12-5-8-13(17)9-6-12/h5-6,8-9,11,14H,7,10H2,1-4H3. The van der Waals surface area contributed by atoms with Crippen LogP contribution in [0.3, 0.4) is 0 Å². The van der Waals surface area contributed by atoms with Crippen LogP contribution < -0.4 is 0 Å². The van der Waals surface area contributed by atoms with Crippen molar-refractivity contribution in [2.45, 2.75) is 45.3 Å². The van der Waals surface area contributed by atoms with Gasteiger partial charge in [-0.3, -0.25) is 0 Å². The van der Waals surface area contributed by atoms with Crippen molar-refractivity contribution in [3.05, 3.63) is 35.6 Å². The molecule has 0 heterocycles. The molecule has 0 aliphatic rings. The van der Waals surface area contributed by atoms with Crippen molar-refractivity contribution >= 4 is 12.4 Å². The molecule has 0 aliphatic carbocycles. The van der Waals surface area contributed by atoms with Crippen molar-refractivity contribution in [2.75, 3.05) is 7.05 Å². The summed E-state index contributed by atoms with van der Waals surface area (Å²) in [5.41, 5.74) is 0.316. The smallest absolute Gasteiger partial charge is 0.410 e. The summed E-state index contributed by atoms with van der Waals surface area (Å²) in [7, 11) is 1.54. The lowest BCUT2D eigenvalue weighted by Gasteiger charge is -2.28. The van der Waals surface area contributed by atoms with E-state index in [1.54, 1.807) is 32.9 Å². The maximum absolute atomic E-state index is 12.8. The molecule has 1 aromatic carbocycles. The number of carbonyl (C=O) groups is 2. The Morgan fingerprint density at radius 2 is 1.90 bits per heavy atom. The first-order chi connectivity index (χ1) is 9.73. The topological polar surface area (TPSA) is 46.6 Å². The quantitative estimate of drug-likeness (QED) is 0.784. The van der Waals surface area contributed by atoms with Crippen LogP contribution in [0.2, 0.25) is 0 Å². The number of likely N-dealkylation sites (N-methyl/N-ethyl adjacent to an activating group) is 1. The second-order valence-corrected chi connectivity index (χ2v) is 5.96. The number of amides is 1. The molecule has 0 saturated heterocycles. The van der Waals surface area contributed by atoms with Crippen molar-refractivity contribution in [3.8, 4) is 0 Å². The van der Waals surface area contributed by atoms with Gasteiger partial charge in [0.05, 0.1) is 6.04 Å². The largest absolute Gasteiger partial charge is 0.444 e. The van der Waals surface area contributed by atoms with Crippen molar-refractivity contribution in [1.29, 1.82) is 0 Å². The lowest BCUT2D eigenvalue weighted by atomic mass is 10.1. The number of carbonyl (C=O) groups excluding carboxylic acids is 2. The molecular formula is C16H22FNO3. The number of benzene rings is 1. The molecule has 0 aromatic heterocycles. The van der Waals surface area contributed by atoms with E-state index in [2.05, 4.69) is 0 Å². The van der Waals surface area contributed by atoms with Crippen LogP contribution in [0.1, 0.15) is 32.8 Å². The van der Waals surface area contributed by atoms with Gasteiger partial charge < -0.3 is 14.4 Å². The van der Waals surface area contributed by atoms with Gasteiger partial charge in [-0.05, 0) is 51.3 Å². The summed E-state index contributed by atoms with van der Waals surface area (Å²) in [5.74, 6) is -0.295. The van der Waals surface area contributed by atoms with Gasteiger partial charge in [0.2, 0.25) is 0 Å². The molecule has 0 bridgehead atoms. The Bertz CT molecular complexity index is 479. The Morgan fingerprint density at radius 1 is 1.33 bits per heavy atom. The summed E-state index contributed by atoms with van der Waals surface area (Å²) in [6.07, 6.45) is 1.24.